The second-order valence-corrected chi connectivity index (χ2v) is 5.46. The monoisotopic (exact) mass is 249 g/mol. The van der Waals surface area contributed by atoms with Crippen LogP contribution in [0.25, 0.3) is 0 Å². The summed E-state index contributed by atoms with van der Waals surface area (Å²) in [5, 5.41) is 11.8. The van der Waals surface area contributed by atoms with Gasteiger partial charge in [-0.05, 0) is 32.9 Å². The van der Waals surface area contributed by atoms with Crippen molar-refractivity contribution in [2.45, 2.75) is 26.3 Å². The van der Waals surface area contributed by atoms with Crippen molar-refractivity contribution in [3.05, 3.63) is 11.1 Å². The SMILES string of the molecule is C[C@H]1CC2=C(C#N)C(=S)NC(=O)[C@@]2(C)CN1C. The van der Waals surface area contributed by atoms with E-state index in [0.717, 1.165) is 12.0 Å². The van der Waals surface area contributed by atoms with E-state index >= 15 is 0 Å². The molecule has 2 heterocycles. The maximum Gasteiger partial charge on any atom is 0.236 e. The Morgan fingerprint density at radius 3 is 2.88 bits per heavy atom. The fourth-order valence-corrected chi connectivity index (χ4v) is 2.83. The molecule has 1 saturated heterocycles. The minimum Gasteiger partial charge on any atom is -0.315 e. The van der Waals surface area contributed by atoms with Crippen LogP contribution in [0.1, 0.15) is 20.3 Å². The molecule has 0 bridgehead atoms. The second kappa shape index (κ2) is 3.90. The van der Waals surface area contributed by atoms with Crippen LogP contribution in [0, 0.1) is 16.7 Å². The van der Waals surface area contributed by atoms with Gasteiger partial charge in [-0.25, -0.2) is 0 Å². The molecule has 0 aromatic rings. The van der Waals surface area contributed by atoms with Crippen LogP contribution in [-0.4, -0.2) is 35.4 Å². The molecule has 0 saturated carbocycles. The van der Waals surface area contributed by atoms with Gasteiger partial charge in [-0.3, -0.25) is 4.79 Å². The Balaban J connectivity index is 2.58. The first-order valence-electron chi connectivity index (χ1n) is 5.60. The molecule has 0 unspecified atom stereocenters. The van der Waals surface area contributed by atoms with Crippen LogP contribution in [0.15, 0.2) is 11.1 Å². The molecule has 90 valence electrons. The number of fused-ring (bicyclic) bond motifs is 1. The lowest BCUT2D eigenvalue weighted by atomic mass is 9.70. The number of thiocarbonyl (C=S) groups is 1. The summed E-state index contributed by atoms with van der Waals surface area (Å²) in [7, 11) is 2.00. The lowest BCUT2D eigenvalue weighted by molar-refractivity contribution is -0.129. The van der Waals surface area contributed by atoms with Gasteiger partial charge < -0.3 is 10.2 Å². The van der Waals surface area contributed by atoms with Gasteiger partial charge in [-0.1, -0.05) is 12.2 Å². The summed E-state index contributed by atoms with van der Waals surface area (Å²) < 4.78 is 0. The Hall–Kier alpha value is -1.25. The highest BCUT2D eigenvalue weighted by molar-refractivity contribution is 7.80. The molecule has 17 heavy (non-hydrogen) atoms. The first-order valence-corrected chi connectivity index (χ1v) is 6.00. The third kappa shape index (κ3) is 1.68. The topological polar surface area (TPSA) is 56.1 Å². The molecule has 5 heteroatoms. The number of nitriles is 1. The molecule has 0 aliphatic carbocycles. The molecule has 4 nitrogen and oxygen atoms in total. The average molecular weight is 249 g/mol. The van der Waals surface area contributed by atoms with E-state index in [1.807, 2.05) is 14.0 Å². The van der Waals surface area contributed by atoms with E-state index < -0.39 is 5.41 Å². The lowest BCUT2D eigenvalue weighted by Gasteiger charge is -2.45. The van der Waals surface area contributed by atoms with Crippen molar-refractivity contribution < 1.29 is 4.79 Å². The van der Waals surface area contributed by atoms with Crippen molar-refractivity contribution in [1.29, 1.82) is 5.26 Å². The molecule has 1 fully saturated rings. The van der Waals surface area contributed by atoms with E-state index in [9.17, 15) is 10.1 Å². The highest BCUT2D eigenvalue weighted by atomic mass is 32.1. The molecule has 2 atom stereocenters. The molecule has 0 spiro atoms. The number of nitrogens with one attached hydrogen (secondary N) is 1. The molecule has 0 aromatic heterocycles. The standard InChI is InChI=1S/C12H15N3OS/c1-7-4-9-8(5-13)10(17)14-11(16)12(9,2)6-15(7)3/h7H,4,6H2,1-3H3,(H,14,16,17)/t7-,12-/m0/s1. The largest absolute Gasteiger partial charge is 0.315 e. The normalized spacial score (nSPS) is 34.1. The van der Waals surface area contributed by atoms with E-state index in [-0.39, 0.29) is 10.9 Å². The number of rotatable bonds is 0. The summed E-state index contributed by atoms with van der Waals surface area (Å²) in [5.41, 5.74) is 0.774. The van der Waals surface area contributed by atoms with Crippen LogP contribution < -0.4 is 5.32 Å². The Morgan fingerprint density at radius 2 is 2.29 bits per heavy atom. The van der Waals surface area contributed by atoms with Gasteiger partial charge in [-0.15, -0.1) is 0 Å². The molecular formula is C12H15N3OS. The number of likely N-dealkylation sites (tertiary alicyclic amines) is 1. The summed E-state index contributed by atoms with van der Waals surface area (Å²) in [6.45, 7) is 4.61. The minimum atomic E-state index is -0.616. The Morgan fingerprint density at radius 1 is 1.65 bits per heavy atom. The van der Waals surface area contributed by atoms with Crippen LogP contribution in [0.5, 0.6) is 0 Å². The van der Waals surface area contributed by atoms with Crippen LogP contribution in [0.4, 0.5) is 0 Å². The van der Waals surface area contributed by atoms with Crippen LogP contribution in [-0.2, 0) is 4.79 Å². The van der Waals surface area contributed by atoms with Gasteiger partial charge in [0.05, 0.1) is 11.0 Å². The van der Waals surface area contributed by atoms with E-state index in [2.05, 4.69) is 23.2 Å². The molecule has 1 N–H and O–H groups in total. The van der Waals surface area contributed by atoms with Crippen molar-refractivity contribution in [3.63, 3.8) is 0 Å². The fraction of sp³-hybridized carbons (Fsp3) is 0.583. The predicted octanol–water partition coefficient (Wildman–Crippen LogP) is 0.994. The number of nitrogens with zero attached hydrogens (tertiary/aromatic N) is 2. The molecule has 0 radical (unpaired) electrons. The lowest BCUT2D eigenvalue weighted by Crippen LogP contribution is -2.57. The Bertz CT molecular complexity index is 477. The number of hydrogen-bond donors (Lipinski definition) is 1. The van der Waals surface area contributed by atoms with Gasteiger partial charge in [0, 0.05) is 12.6 Å². The number of amides is 1. The summed E-state index contributed by atoms with van der Waals surface area (Å²) in [4.78, 5) is 14.5. The third-order valence-electron chi connectivity index (χ3n) is 3.85. The molecule has 2 rings (SSSR count). The maximum atomic E-state index is 12.1. The van der Waals surface area contributed by atoms with E-state index in [0.29, 0.717) is 18.2 Å². The van der Waals surface area contributed by atoms with Crippen LogP contribution >= 0.6 is 12.2 Å². The third-order valence-corrected chi connectivity index (χ3v) is 4.16. The Labute approximate surface area is 106 Å². The molecular weight excluding hydrogens is 234 g/mol. The van der Waals surface area contributed by atoms with Gasteiger partial charge in [0.1, 0.15) is 11.1 Å². The molecule has 2 aliphatic heterocycles. The fourth-order valence-electron chi connectivity index (χ4n) is 2.57. The van der Waals surface area contributed by atoms with Gasteiger partial charge >= 0.3 is 0 Å². The van der Waals surface area contributed by atoms with Crippen molar-refractivity contribution in [3.8, 4) is 6.07 Å². The van der Waals surface area contributed by atoms with Crippen molar-refractivity contribution in [2.24, 2.45) is 5.41 Å². The number of carbonyl (C=O) groups is 1. The summed E-state index contributed by atoms with van der Waals surface area (Å²) in [5.74, 6) is -0.0877. The molecule has 0 aromatic carbocycles. The average Bonchev–Trinajstić information content (AvgIpc) is 2.24. The summed E-state index contributed by atoms with van der Waals surface area (Å²) in [6, 6.07) is 2.47. The first-order chi connectivity index (χ1) is 7.90. The van der Waals surface area contributed by atoms with E-state index in [4.69, 9.17) is 12.2 Å². The number of piperidine rings is 1. The van der Waals surface area contributed by atoms with Gasteiger partial charge in [0.25, 0.3) is 0 Å². The van der Waals surface area contributed by atoms with Crippen LogP contribution in [0.2, 0.25) is 0 Å². The zero-order valence-corrected chi connectivity index (χ0v) is 11.0. The van der Waals surface area contributed by atoms with Crippen molar-refractivity contribution in [2.75, 3.05) is 13.6 Å². The highest BCUT2D eigenvalue weighted by Crippen LogP contribution is 2.41. The first kappa shape index (κ1) is 12.2. The molecule has 2 aliphatic rings. The van der Waals surface area contributed by atoms with Crippen molar-refractivity contribution in [1.82, 2.24) is 10.2 Å². The van der Waals surface area contributed by atoms with Gasteiger partial charge in [0.2, 0.25) is 5.91 Å². The van der Waals surface area contributed by atoms with Gasteiger partial charge in [0.15, 0.2) is 0 Å². The van der Waals surface area contributed by atoms with Crippen LogP contribution in [0.3, 0.4) is 0 Å². The molecule has 1 amide bonds. The van der Waals surface area contributed by atoms with Gasteiger partial charge in [-0.2, -0.15) is 5.26 Å². The second-order valence-electron chi connectivity index (χ2n) is 5.05. The van der Waals surface area contributed by atoms with Crippen molar-refractivity contribution >= 4 is 23.1 Å². The summed E-state index contributed by atoms with van der Waals surface area (Å²) >= 11 is 5.06. The minimum absolute atomic E-state index is 0.0877. The summed E-state index contributed by atoms with van der Waals surface area (Å²) in [6.07, 6.45) is 0.726. The maximum absolute atomic E-state index is 12.1. The van der Waals surface area contributed by atoms with E-state index in [1.54, 1.807) is 0 Å². The number of hydrogen-bond acceptors (Lipinski definition) is 4. The Kier molecular flexibility index (Phi) is 2.80. The smallest absolute Gasteiger partial charge is 0.236 e. The van der Waals surface area contributed by atoms with E-state index in [1.165, 1.54) is 0 Å². The zero-order valence-electron chi connectivity index (χ0n) is 10.2. The predicted molar refractivity (Wildman–Crippen MR) is 68.2 cm³/mol. The number of carbonyl (C=O) groups excluding carboxylic acids is 1. The zero-order chi connectivity index (χ0) is 12.8. The quantitative estimate of drug-likeness (QED) is 0.651. The highest BCUT2D eigenvalue weighted by Gasteiger charge is 2.47.